The van der Waals surface area contributed by atoms with Gasteiger partial charge < -0.3 is 14.8 Å². The van der Waals surface area contributed by atoms with Crippen LogP contribution in [0, 0.1) is 0 Å². The molecule has 84 valence electrons. The van der Waals surface area contributed by atoms with Crippen LogP contribution in [0.2, 0.25) is 0 Å². The zero-order chi connectivity index (χ0) is 11.4. The maximum Gasteiger partial charge on any atom is 0.0956 e. The molecule has 0 saturated heterocycles. The quantitative estimate of drug-likeness (QED) is 0.802. The fourth-order valence-electron chi connectivity index (χ4n) is 1.68. The number of imidazole rings is 1. The van der Waals surface area contributed by atoms with Gasteiger partial charge in [-0.15, -0.1) is 0 Å². The molecule has 4 heteroatoms. The van der Waals surface area contributed by atoms with Crippen LogP contribution < -0.4 is 0 Å². The molecule has 0 spiro atoms. The van der Waals surface area contributed by atoms with Crippen LogP contribution in [0.5, 0.6) is 0 Å². The third kappa shape index (κ3) is 2.13. The number of rotatable bonds is 4. The smallest absolute Gasteiger partial charge is 0.0956 e. The Bertz CT molecular complexity index is 451. The minimum atomic E-state index is -0.141. The number of aliphatic hydroxyl groups is 2. The summed E-state index contributed by atoms with van der Waals surface area (Å²) in [5.41, 5.74) is 2.35. The molecule has 0 aliphatic carbocycles. The summed E-state index contributed by atoms with van der Waals surface area (Å²) in [6, 6.07) is 9.93. The first-order valence-corrected chi connectivity index (χ1v) is 5.13. The minimum Gasteiger partial charge on any atom is -0.390 e. The van der Waals surface area contributed by atoms with Crippen molar-refractivity contribution in [3.63, 3.8) is 0 Å². The molecule has 0 aliphatic heterocycles. The normalized spacial score (nSPS) is 10.6. The van der Waals surface area contributed by atoms with Crippen LogP contribution in [-0.2, 0) is 19.8 Å². The predicted molar refractivity (Wildman–Crippen MR) is 59.6 cm³/mol. The second-order valence-electron chi connectivity index (χ2n) is 3.57. The lowest BCUT2D eigenvalue weighted by molar-refractivity contribution is 0.251. The van der Waals surface area contributed by atoms with Gasteiger partial charge >= 0.3 is 0 Å². The molecule has 0 atom stereocenters. The SMILES string of the molecule is OCc1ncn(Cc2ccccc2)c1CO. The molecule has 16 heavy (non-hydrogen) atoms. The summed E-state index contributed by atoms with van der Waals surface area (Å²) in [5.74, 6) is 0. The molecular weight excluding hydrogens is 204 g/mol. The van der Waals surface area contributed by atoms with Crippen LogP contribution in [0.15, 0.2) is 36.7 Å². The van der Waals surface area contributed by atoms with E-state index in [1.807, 2.05) is 34.9 Å². The summed E-state index contributed by atoms with van der Waals surface area (Å²) >= 11 is 0. The number of nitrogens with zero attached hydrogens (tertiary/aromatic N) is 2. The number of aliphatic hydroxyl groups excluding tert-OH is 2. The lowest BCUT2D eigenvalue weighted by atomic mass is 10.2. The molecule has 0 amide bonds. The van der Waals surface area contributed by atoms with Gasteiger partial charge in [-0.3, -0.25) is 0 Å². The Kier molecular flexibility index (Phi) is 3.34. The summed E-state index contributed by atoms with van der Waals surface area (Å²) in [5, 5.41) is 18.3. The topological polar surface area (TPSA) is 58.3 Å². The third-order valence-corrected chi connectivity index (χ3v) is 2.53. The van der Waals surface area contributed by atoms with Crippen LogP contribution in [0.1, 0.15) is 17.0 Å². The number of hydrogen-bond acceptors (Lipinski definition) is 3. The summed E-state index contributed by atoms with van der Waals surface area (Å²) in [6.45, 7) is 0.407. The van der Waals surface area contributed by atoms with Crippen molar-refractivity contribution in [2.45, 2.75) is 19.8 Å². The zero-order valence-corrected chi connectivity index (χ0v) is 8.87. The fraction of sp³-hybridized carbons (Fsp3) is 0.250. The fourth-order valence-corrected chi connectivity index (χ4v) is 1.68. The molecular formula is C12H14N2O2. The van der Waals surface area contributed by atoms with Crippen molar-refractivity contribution in [3.05, 3.63) is 53.6 Å². The summed E-state index contributed by atoms with van der Waals surface area (Å²) in [7, 11) is 0. The molecule has 2 aromatic rings. The van der Waals surface area contributed by atoms with E-state index < -0.39 is 0 Å². The van der Waals surface area contributed by atoms with Crippen LogP contribution in [0.25, 0.3) is 0 Å². The van der Waals surface area contributed by atoms with E-state index in [0.717, 1.165) is 5.56 Å². The van der Waals surface area contributed by atoms with Gasteiger partial charge in [0.05, 0.1) is 30.9 Å². The monoisotopic (exact) mass is 218 g/mol. The van der Waals surface area contributed by atoms with E-state index in [4.69, 9.17) is 5.11 Å². The van der Waals surface area contributed by atoms with Crippen LogP contribution >= 0.6 is 0 Å². The highest BCUT2D eigenvalue weighted by Gasteiger charge is 2.08. The Balaban J connectivity index is 2.25. The highest BCUT2D eigenvalue weighted by molar-refractivity contribution is 5.18. The first kappa shape index (κ1) is 10.9. The minimum absolute atomic E-state index is 0.108. The highest BCUT2D eigenvalue weighted by Crippen LogP contribution is 2.10. The Hall–Kier alpha value is -1.65. The average Bonchev–Trinajstić information content (AvgIpc) is 2.72. The molecule has 2 rings (SSSR count). The molecule has 0 bridgehead atoms. The van der Waals surface area contributed by atoms with E-state index in [1.54, 1.807) is 6.33 Å². The largest absolute Gasteiger partial charge is 0.390 e. The Labute approximate surface area is 93.8 Å². The molecule has 4 nitrogen and oxygen atoms in total. The standard InChI is InChI=1S/C12H14N2O2/c15-7-11-12(8-16)14(9-13-11)6-10-4-2-1-3-5-10/h1-5,9,15-16H,6-8H2. The molecule has 1 heterocycles. The Morgan fingerprint density at radius 2 is 1.81 bits per heavy atom. The Morgan fingerprint density at radius 3 is 2.44 bits per heavy atom. The van der Waals surface area contributed by atoms with Crippen molar-refractivity contribution < 1.29 is 10.2 Å². The summed E-state index contributed by atoms with van der Waals surface area (Å²) in [4.78, 5) is 4.05. The molecule has 1 aromatic carbocycles. The summed E-state index contributed by atoms with van der Waals surface area (Å²) < 4.78 is 1.85. The van der Waals surface area contributed by atoms with Crippen molar-refractivity contribution in [2.24, 2.45) is 0 Å². The second-order valence-corrected chi connectivity index (χ2v) is 3.57. The van der Waals surface area contributed by atoms with Gasteiger partial charge in [-0.1, -0.05) is 30.3 Å². The molecule has 0 fully saturated rings. The number of hydrogen-bond donors (Lipinski definition) is 2. The third-order valence-electron chi connectivity index (χ3n) is 2.53. The molecule has 1 aromatic heterocycles. The highest BCUT2D eigenvalue weighted by atomic mass is 16.3. The van der Waals surface area contributed by atoms with Gasteiger partial charge in [-0.2, -0.15) is 0 Å². The predicted octanol–water partition coefficient (Wildman–Crippen LogP) is 0.916. The van der Waals surface area contributed by atoms with Gasteiger partial charge in [-0.05, 0) is 5.56 Å². The lowest BCUT2D eigenvalue weighted by Crippen LogP contribution is -2.05. The lowest BCUT2D eigenvalue weighted by Gasteiger charge is -2.07. The van der Waals surface area contributed by atoms with Crippen LogP contribution in [-0.4, -0.2) is 19.8 Å². The van der Waals surface area contributed by atoms with Crippen molar-refractivity contribution in [3.8, 4) is 0 Å². The van der Waals surface area contributed by atoms with Crippen LogP contribution in [0.3, 0.4) is 0 Å². The van der Waals surface area contributed by atoms with E-state index in [2.05, 4.69) is 4.98 Å². The maximum atomic E-state index is 9.23. The van der Waals surface area contributed by atoms with Crippen molar-refractivity contribution in [2.75, 3.05) is 0 Å². The van der Waals surface area contributed by atoms with E-state index in [1.165, 1.54) is 0 Å². The number of aromatic nitrogens is 2. The first-order valence-electron chi connectivity index (χ1n) is 5.13. The van der Waals surface area contributed by atoms with Gasteiger partial charge in [0, 0.05) is 6.54 Å². The Morgan fingerprint density at radius 1 is 1.06 bits per heavy atom. The molecule has 0 aliphatic rings. The van der Waals surface area contributed by atoms with Gasteiger partial charge in [0.2, 0.25) is 0 Å². The molecule has 0 radical (unpaired) electrons. The van der Waals surface area contributed by atoms with Crippen LogP contribution in [0.4, 0.5) is 0 Å². The number of benzene rings is 1. The molecule has 2 N–H and O–H groups in total. The summed E-state index contributed by atoms with van der Waals surface area (Å²) in [6.07, 6.45) is 1.64. The molecule has 0 unspecified atom stereocenters. The second kappa shape index (κ2) is 4.92. The van der Waals surface area contributed by atoms with E-state index >= 15 is 0 Å². The van der Waals surface area contributed by atoms with Crippen molar-refractivity contribution >= 4 is 0 Å². The van der Waals surface area contributed by atoms with E-state index in [-0.39, 0.29) is 13.2 Å². The maximum absolute atomic E-state index is 9.23. The first-order chi connectivity index (χ1) is 7.85. The van der Waals surface area contributed by atoms with Gasteiger partial charge in [0.1, 0.15) is 0 Å². The van der Waals surface area contributed by atoms with E-state index in [0.29, 0.717) is 17.9 Å². The van der Waals surface area contributed by atoms with Gasteiger partial charge in [0.15, 0.2) is 0 Å². The molecule has 0 saturated carbocycles. The van der Waals surface area contributed by atoms with Gasteiger partial charge in [-0.25, -0.2) is 4.98 Å². The van der Waals surface area contributed by atoms with Gasteiger partial charge in [0.25, 0.3) is 0 Å². The van der Waals surface area contributed by atoms with E-state index in [9.17, 15) is 5.11 Å². The van der Waals surface area contributed by atoms with Crippen molar-refractivity contribution in [1.29, 1.82) is 0 Å². The zero-order valence-electron chi connectivity index (χ0n) is 8.87. The van der Waals surface area contributed by atoms with Crippen molar-refractivity contribution in [1.82, 2.24) is 9.55 Å². The average molecular weight is 218 g/mol.